The van der Waals surface area contributed by atoms with Crippen molar-refractivity contribution in [1.29, 1.82) is 5.26 Å². The molecule has 0 spiro atoms. The largest absolute Gasteiger partial charge is 0.462 e. The van der Waals surface area contributed by atoms with Gasteiger partial charge in [0.25, 0.3) is 0 Å². The Labute approximate surface area is 163 Å². The zero-order valence-corrected chi connectivity index (χ0v) is 15.9. The second kappa shape index (κ2) is 7.85. The molecule has 3 aromatic heterocycles. The minimum atomic E-state index is -0.398. The molecule has 0 aliphatic heterocycles. The van der Waals surface area contributed by atoms with Crippen molar-refractivity contribution in [3.8, 4) is 17.2 Å². The minimum Gasteiger partial charge on any atom is -0.462 e. The lowest BCUT2D eigenvalue weighted by Crippen LogP contribution is -2.17. The van der Waals surface area contributed by atoms with Gasteiger partial charge in [-0.05, 0) is 31.7 Å². The molecule has 28 heavy (non-hydrogen) atoms. The average Bonchev–Trinajstić information content (AvgIpc) is 3.47. The van der Waals surface area contributed by atoms with E-state index in [1.807, 2.05) is 16.9 Å². The summed E-state index contributed by atoms with van der Waals surface area (Å²) in [6.45, 7) is 2.08. The second-order valence-electron chi connectivity index (χ2n) is 7.19. The van der Waals surface area contributed by atoms with Gasteiger partial charge in [-0.3, -0.25) is 4.68 Å². The van der Waals surface area contributed by atoms with Gasteiger partial charge in [-0.25, -0.2) is 9.78 Å². The molecule has 144 valence electrons. The number of esters is 1. The van der Waals surface area contributed by atoms with Crippen molar-refractivity contribution in [2.24, 2.45) is 5.92 Å². The van der Waals surface area contributed by atoms with Crippen molar-refractivity contribution in [3.63, 3.8) is 0 Å². The predicted octanol–water partition coefficient (Wildman–Crippen LogP) is 4.25. The van der Waals surface area contributed by atoms with Gasteiger partial charge in [-0.15, -0.1) is 0 Å². The van der Waals surface area contributed by atoms with Gasteiger partial charge >= 0.3 is 5.97 Å². The summed E-state index contributed by atoms with van der Waals surface area (Å²) in [6.07, 6.45) is 12.2. The molecule has 7 nitrogen and oxygen atoms in total. The van der Waals surface area contributed by atoms with E-state index in [1.54, 1.807) is 25.5 Å². The Balaban J connectivity index is 1.78. The highest BCUT2D eigenvalue weighted by molar-refractivity contribution is 6.06. The van der Waals surface area contributed by atoms with Crippen LogP contribution in [-0.4, -0.2) is 32.3 Å². The molecule has 0 saturated heterocycles. The highest BCUT2D eigenvalue weighted by Gasteiger charge is 2.28. The van der Waals surface area contributed by atoms with Crippen LogP contribution in [0.3, 0.4) is 0 Å². The number of hydrogen-bond acceptors (Lipinski definition) is 5. The van der Waals surface area contributed by atoms with E-state index in [0.717, 1.165) is 29.4 Å². The number of hydrogen-bond donors (Lipinski definition) is 1. The van der Waals surface area contributed by atoms with Crippen molar-refractivity contribution < 1.29 is 9.53 Å². The number of fused-ring (bicyclic) bond motifs is 1. The Morgan fingerprint density at radius 3 is 3.00 bits per heavy atom. The quantitative estimate of drug-likeness (QED) is 0.648. The maximum Gasteiger partial charge on any atom is 0.340 e. The molecular formula is C21H23N5O2. The lowest BCUT2D eigenvalue weighted by atomic mass is 9.96. The molecule has 0 radical (unpaired) electrons. The molecule has 1 fully saturated rings. The summed E-state index contributed by atoms with van der Waals surface area (Å²) < 4.78 is 7.14. The standard InChI is InChI=1S/C21H23N5O2/c1-2-28-21(27)17-12-24-20-16(8-10-23-20)19(17)15-11-25-26(13-15)18(7-9-22)14-5-3-4-6-14/h8,10-14,18H,2-7H2,1H3,(H,23,24). The summed E-state index contributed by atoms with van der Waals surface area (Å²) in [6, 6.07) is 4.28. The van der Waals surface area contributed by atoms with Crippen LogP contribution in [0.15, 0.2) is 30.9 Å². The number of aromatic nitrogens is 4. The molecule has 1 unspecified atom stereocenters. The predicted molar refractivity (Wildman–Crippen MR) is 104 cm³/mol. The number of aromatic amines is 1. The summed E-state index contributed by atoms with van der Waals surface area (Å²) in [5.41, 5.74) is 2.72. The maximum absolute atomic E-state index is 12.5. The van der Waals surface area contributed by atoms with Crippen molar-refractivity contribution in [2.45, 2.75) is 45.1 Å². The van der Waals surface area contributed by atoms with Crippen molar-refractivity contribution in [3.05, 3.63) is 36.4 Å². The van der Waals surface area contributed by atoms with Crippen LogP contribution in [0.1, 0.15) is 55.4 Å². The van der Waals surface area contributed by atoms with Crippen LogP contribution in [-0.2, 0) is 4.74 Å². The molecule has 1 atom stereocenters. The Bertz CT molecular complexity index is 1020. The molecule has 1 saturated carbocycles. The normalized spacial score (nSPS) is 15.6. The first-order valence-corrected chi connectivity index (χ1v) is 9.77. The van der Waals surface area contributed by atoms with E-state index in [0.29, 0.717) is 30.2 Å². The Morgan fingerprint density at radius 2 is 2.25 bits per heavy atom. The molecule has 0 amide bonds. The smallest absolute Gasteiger partial charge is 0.340 e. The number of nitrogens with zero attached hydrogens (tertiary/aromatic N) is 4. The zero-order valence-electron chi connectivity index (χ0n) is 15.9. The third-order valence-corrected chi connectivity index (χ3v) is 5.56. The molecule has 0 bridgehead atoms. The van der Waals surface area contributed by atoms with Crippen LogP contribution >= 0.6 is 0 Å². The first-order chi connectivity index (χ1) is 13.7. The SMILES string of the molecule is CCOC(=O)c1cnc2[nH]ccc2c1-c1cnn(C(CC#N)C2CCCC2)c1. The lowest BCUT2D eigenvalue weighted by Gasteiger charge is -2.21. The number of carbonyl (C=O) groups excluding carboxylic acids is 1. The highest BCUT2D eigenvalue weighted by atomic mass is 16.5. The van der Waals surface area contributed by atoms with E-state index >= 15 is 0 Å². The van der Waals surface area contributed by atoms with Crippen molar-refractivity contribution in [1.82, 2.24) is 19.7 Å². The van der Waals surface area contributed by atoms with Crippen molar-refractivity contribution >= 4 is 17.0 Å². The van der Waals surface area contributed by atoms with Crippen LogP contribution in [0.4, 0.5) is 0 Å². The summed E-state index contributed by atoms with van der Waals surface area (Å²) in [5.74, 6) is 0.0758. The molecule has 3 aromatic rings. The molecule has 4 rings (SSSR count). The van der Waals surface area contributed by atoms with Gasteiger partial charge in [-0.2, -0.15) is 10.4 Å². The van der Waals surface area contributed by atoms with Gasteiger partial charge in [0.05, 0.1) is 36.9 Å². The van der Waals surface area contributed by atoms with Crippen LogP contribution in [0.5, 0.6) is 0 Å². The van der Waals surface area contributed by atoms with Crippen LogP contribution in [0, 0.1) is 17.2 Å². The van der Waals surface area contributed by atoms with E-state index < -0.39 is 5.97 Å². The summed E-state index contributed by atoms with van der Waals surface area (Å²) in [4.78, 5) is 19.9. The fourth-order valence-electron chi connectivity index (χ4n) is 4.24. The summed E-state index contributed by atoms with van der Waals surface area (Å²) >= 11 is 0. The number of rotatable bonds is 6. The highest BCUT2D eigenvalue weighted by Crippen LogP contribution is 2.37. The lowest BCUT2D eigenvalue weighted by molar-refractivity contribution is 0.0527. The van der Waals surface area contributed by atoms with Gasteiger partial charge in [0, 0.05) is 35.1 Å². The van der Waals surface area contributed by atoms with Gasteiger partial charge in [0.2, 0.25) is 0 Å². The number of nitrogens with one attached hydrogen (secondary N) is 1. The van der Waals surface area contributed by atoms with E-state index in [1.165, 1.54) is 12.8 Å². The number of ether oxygens (including phenoxy) is 1. The minimum absolute atomic E-state index is 0.0656. The third-order valence-electron chi connectivity index (χ3n) is 5.56. The zero-order chi connectivity index (χ0) is 19.5. The first-order valence-electron chi connectivity index (χ1n) is 9.77. The molecule has 7 heteroatoms. The Kier molecular flexibility index (Phi) is 5.11. The fourth-order valence-corrected chi connectivity index (χ4v) is 4.24. The fraction of sp³-hybridized carbons (Fsp3) is 0.429. The number of nitriles is 1. The Morgan fingerprint density at radius 1 is 1.43 bits per heavy atom. The molecular weight excluding hydrogens is 354 g/mol. The Hall–Kier alpha value is -3.14. The van der Waals surface area contributed by atoms with Gasteiger partial charge in [0.15, 0.2) is 0 Å². The molecule has 1 aliphatic rings. The maximum atomic E-state index is 12.5. The van der Waals surface area contributed by atoms with E-state index in [4.69, 9.17) is 4.74 Å². The van der Waals surface area contributed by atoms with E-state index in [2.05, 4.69) is 21.1 Å². The van der Waals surface area contributed by atoms with Gasteiger partial charge < -0.3 is 9.72 Å². The molecule has 1 aliphatic carbocycles. The second-order valence-corrected chi connectivity index (χ2v) is 7.19. The number of H-pyrrole nitrogens is 1. The van der Waals surface area contributed by atoms with E-state index in [-0.39, 0.29) is 6.04 Å². The summed E-state index contributed by atoms with van der Waals surface area (Å²) in [5, 5.41) is 14.7. The number of carbonyl (C=O) groups is 1. The molecule has 3 heterocycles. The molecule has 1 N–H and O–H groups in total. The molecule has 0 aromatic carbocycles. The summed E-state index contributed by atoms with van der Waals surface area (Å²) in [7, 11) is 0. The number of pyridine rings is 1. The van der Waals surface area contributed by atoms with Gasteiger partial charge in [0.1, 0.15) is 5.65 Å². The van der Waals surface area contributed by atoms with Crippen LogP contribution in [0.2, 0.25) is 0 Å². The topological polar surface area (TPSA) is 96.6 Å². The van der Waals surface area contributed by atoms with Crippen LogP contribution < -0.4 is 0 Å². The monoisotopic (exact) mass is 377 g/mol. The van der Waals surface area contributed by atoms with Gasteiger partial charge in [-0.1, -0.05) is 12.8 Å². The third kappa shape index (κ3) is 3.26. The average molecular weight is 377 g/mol. The van der Waals surface area contributed by atoms with E-state index in [9.17, 15) is 10.1 Å². The van der Waals surface area contributed by atoms with Crippen LogP contribution in [0.25, 0.3) is 22.2 Å². The first kappa shape index (κ1) is 18.2. The van der Waals surface area contributed by atoms with Crippen molar-refractivity contribution in [2.75, 3.05) is 6.61 Å².